The van der Waals surface area contributed by atoms with Crippen LogP contribution in [-0.4, -0.2) is 29.7 Å². The van der Waals surface area contributed by atoms with E-state index in [0.717, 1.165) is 23.7 Å². The van der Waals surface area contributed by atoms with E-state index < -0.39 is 10.0 Å². The van der Waals surface area contributed by atoms with Crippen molar-refractivity contribution < 1.29 is 13.2 Å². The Hall–Kier alpha value is -3.07. The van der Waals surface area contributed by atoms with Gasteiger partial charge in [-0.25, -0.2) is 13.2 Å². The van der Waals surface area contributed by atoms with E-state index in [-0.39, 0.29) is 31.1 Å². The Kier molecular flexibility index (Phi) is 6.61. The van der Waals surface area contributed by atoms with E-state index in [0.29, 0.717) is 17.8 Å². The molecule has 30 heavy (non-hydrogen) atoms. The Morgan fingerprint density at radius 1 is 0.967 bits per heavy atom. The minimum absolute atomic E-state index is 0.117. The summed E-state index contributed by atoms with van der Waals surface area (Å²) in [6.07, 6.45) is 2.06. The van der Waals surface area contributed by atoms with Gasteiger partial charge in [0.2, 0.25) is 15.9 Å². The molecule has 3 rings (SSSR count). The summed E-state index contributed by atoms with van der Waals surface area (Å²) in [5.74, 6) is -0.219. The van der Waals surface area contributed by atoms with Gasteiger partial charge in [-0.1, -0.05) is 37.3 Å². The van der Waals surface area contributed by atoms with Gasteiger partial charge >= 0.3 is 5.69 Å². The van der Waals surface area contributed by atoms with Gasteiger partial charge in [-0.3, -0.25) is 18.7 Å². The number of rotatable bonds is 9. The third-order valence-electron chi connectivity index (χ3n) is 4.72. The first-order chi connectivity index (χ1) is 14.3. The summed E-state index contributed by atoms with van der Waals surface area (Å²) in [6.45, 7) is 3.10. The molecule has 1 heterocycles. The number of para-hydroxylation sites is 3. The first kappa shape index (κ1) is 21.6. The van der Waals surface area contributed by atoms with Gasteiger partial charge in [-0.15, -0.1) is 0 Å². The monoisotopic (exact) mass is 430 g/mol. The molecule has 0 radical (unpaired) electrons. The Morgan fingerprint density at radius 3 is 2.20 bits per heavy atom. The number of nitrogens with zero attached hydrogens (tertiary/aromatic N) is 2. The minimum atomic E-state index is -3.42. The van der Waals surface area contributed by atoms with Gasteiger partial charge in [0.15, 0.2) is 0 Å². The second kappa shape index (κ2) is 9.17. The van der Waals surface area contributed by atoms with Crippen LogP contribution in [0.4, 0.5) is 5.69 Å². The molecule has 0 saturated heterocycles. The summed E-state index contributed by atoms with van der Waals surface area (Å²) >= 11 is 0. The number of aryl methyl sites for hydroxylation is 2. The van der Waals surface area contributed by atoms with Crippen molar-refractivity contribution in [2.75, 3.05) is 11.0 Å². The zero-order valence-corrected chi connectivity index (χ0v) is 17.9. The quantitative estimate of drug-likeness (QED) is 0.544. The number of nitrogens with one attached hydrogen (secondary N) is 2. The van der Waals surface area contributed by atoms with Gasteiger partial charge in [0.05, 0.1) is 23.0 Å². The number of hydrogen-bond donors (Lipinski definition) is 2. The molecule has 0 aliphatic heterocycles. The maximum Gasteiger partial charge on any atom is 0.329 e. The molecule has 0 atom stereocenters. The van der Waals surface area contributed by atoms with Crippen molar-refractivity contribution in [3.63, 3.8) is 0 Å². The summed E-state index contributed by atoms with van der Waals surface area (Å²) in [7, 11) is -3.42. The number of carbonyl (C=O) groups excluding carboxylic acids is 1. The van der Waals surface area contributed by atoms with Crippen LogP contribution in [0.15, 0.2) is 53.3 Å². The van der Waals surface area contributed by atoms with E-state index in [1.54, 1.807) is 33.4 Å². The SMILES string of the molecule is CCCn1c(=O)n(CCC(=O)NCc2ccccc2NS(C)(=O)=O)c2ccccc21. The fourth-order valence-corrected chi connectivity index (χ4v) is 4.00. The van der Waals surface area contributed by atoms with E-state index >= 15 is 0 Å². The van der Waals surface area contributed by atoms with Gasteiger partial charge in [-0.2, -0.15) is 0 Å². The molecule has 2 N–H and O–H groups in total. The molecule has 0 aliphatic rings. The van der Waals surface area contributed by atoms with Crippen LogP contribution in [0, 0.1) is 0 Å². The number of hydrogen-bond acceptors (Lipinski definition) is 4. The second-order valence-corrected chi connectivity index (χ2v) is 8.88. The summed E-state index contributed by atoms with van der Waals surface area (Å²) in [6, 6.07) is 14.5. The summed E-state index contributed by atoms with van der Waals surface area (Å²) in [5.41, 5.74) is 2.65. The van der Waals surface area contributed by atoms with Crippen LogP contribution < -0.4 is 15.7 Å². The fraction of sp³-hybridized carbons (Fsp3) is 0.333. The lowest BCUT2D eigenvalue weighted by molar-refractivity contribution is -0.121. The predicted molar refractivity (Wildman–Crippen MR) is 118 cm³/mol. The molecular weight excluding hydrogens is 404 g/mol. The van der Waals surface area contributed by atoms with E-state index in [9.17, 15) is 18.0 Å². The third kappa shape index (κ3) is 5.10. The van der Waals surface area contributed by atoms with E-state index in [2.05, 4.69) is 10.0 Å². The maximum absolute atomic E-state index is 12.8. The number of aromatic nitrogens is 2. The van der Waals surface area contributed by atoms with Crippen molar-refractivity contribution in [2.45, 2.75) is 39.4 Å². The van der Waals surface area contributed by atoms with E-state index in [1.165, 1.54) is 0 Å². The molecule has 2 aromatic carbocycles. The largest absolute Gasteiger partial charge is 0.352 e. The third-order valence-corrected chi connectivity index (χ3v) is 5.31. The van der Waals surface area contributed by atoms with Crippen molar-refractivity contribution in [1.82, 2.24) is 14.5 Å². The van der Waals surface area contributed by atoms with Gasteiger partial charge in [-0.05, 0) is 30.2 Å². The molecule has 0 bridgehead atoms. The smallest absolute Gasteiger partial charge is 0.329 e. The number of anilines is 1. The van der Waals surface area contributed by atoms with Crippen LogP contribution >= 0.6 is 0 Å². The van der Waals surface area contributed by atoms with Crippen LogP contribution in [-0.2, 0) is 34.5 Å². The lowest BCUT2D eigenvalue weighted by Crippen LogP contribution is -2.28. The molecule has 0 fully saturated rings. The average molecular weight is 431 g/mol. The molecule has 9 heteroatoms. The number of sulfonamides is 1. The number of carbonyl (C=O) groups is 1. The first-order valence-corrected chi connectivity index (χ1v) is 11.7. The highest BCUT2D eigenvalue weighted by Crippen LogP contribution is 2.16. The second-order valence-electron chi connectivity index (χ2n) is 7.13. The highest BCUT2D eigenvalue weighted by Gasteiger charge is 2.14. The highest BCUT2D eigenvalue weighted by molar-refractivity contribution is 7.92. The Bertz CT molecular complexity index is 1210. The van der Waals surface area contributed by atoms with E-state index in [4.69, 9.17) is 0 Å². The lowest BCUT2D eigenvalue weighted by atomic mass is 10.2. The van der Waals surface area contributed by atoms with Crippen LogP contribution in [0.25, 0.3) is 11.0 Å². The Balaban J connectivity index is 1.68. The number of fused-ring (bicyclic) bond motifs is 1. The summed E-state index contributed by atoms with van der Waals surface area (Å²) in [4.78, 5) is 25.2. The summed E-state index contributed by atoms with van der Waals surface area (Å²) < 4.78 is 28.8. The van der Waals surface area contributed by atoms with Crippen LogP contribution in [0.3, 0.4) is 0 Å². The van der Waals surface area contributed by atoms with Crippen molar-refractivity contribution in [3.05, 3.63) is 64.6 Å². The van der Waals surface area contributed by atoms with Gasteiger partial charge in [0.1, 0.15) is 0 Å². The molecule has 1 amide bonds. The standard InChI is InChI=1S/C21H26N4O4S/c1-3-13-24-18-10-6-7-11-19(18)25(21(24)27)14-12-20(26)22-15-16-8-4-5-9-17(16)23-30(2,28)29/h4-11,23H,3,12-15H2,1-2H3,(H,22,26). The first-order valence-electron chi connectivity index (χ1n) is 9.80. The zero-order chi connectivity index (χ0) is 21.7. The molecule has 0 unspecified atom stereocenters. The minimum Gasteiger partial charge on any atom is -0.352 e. The Morgan fingerprint density at radius 2 is 1.57 bits per heavy atom. The topological polar surface area (TPSA) is 102 Å². The van der Waals surface area contributed by atoms with Crippen molar-refractivity contribution in [3.8, 4) is 0 Å². The van der Waals surface area contributed by atoms with Gasteiger partial charge in [0.25, 0.3) is 0 Å². The molecule has 8 nitrogen and oxygen atoms in total. The Labute approximate surface area is 175 Å². The normalized spacial score (nSPS) is 11.5. The van der Waals surface area contributed by atoms with Crippen LogP contribution in [0.5, 0.6) is 0 Å². The molecule has 160 valence electrons. The van der Waals surface area contributed by atoms with E-state index in [1.807, 2.05) is 31.2 Å². The molecule has 0 saturated carbocycles. The number of imidazole rings is 1. The van der Waals surface area contributed by atoms with Crippen molar-refractivity contribution in [1.29, 1.82) is 0 Å². The van der Waals surface area contributed by atoms with Crippen LogP contribution in [0.1, 0.15) is 25.3 Å². The molecule has 0 aliphatic carbocycles. The molecule has 1 aromatic heterocycles. The average Bonchev–Trinajstić information content (AvgIpc) is 2.96. The molecule has 0 spiro atoms. The highest BCUT2D eigenvalue weighted by atomic mass is 32.2. The van der Waals surface area contributed by atoms with Gasteiger partial charge < -0.3 is 5.32 Å². The molecule has 3 aromatic rings. The number of amides is 1. The van der Waals surface area contributed by atoms with Crippen LogP contribution in [0.2, 0.25) is 0 Å². The zero-order valence-electron chi connectivity index (χ0n) is 17.1. The number of benzene rings is 2. The maximum atomic E-state index is 12.8. The van der Waals surface area contributed by atoms with Gasteiger partial charge in [0, 0.05) is 26.1 Å². The molecular formula is C21H26N4O4S. The fourth-order valence-electron chi connectivity index (χ4n) is 3.40. The van der Waals surface area contributed by atoms with Crippen molar-refractivity contribution >= 4 is 32.7 Å². The van der Waals surface area contributed by atoms with Crippen molar-refractivity contribution in [2.24, 2.45) is 0 Å². The predicted octanol–water partition coefficient (Wildman–Crippen LogP) is 2.29. The lowest BCUT2D eigenvalue weighted by Gasteiger charge is -2.11. The summed E-state index contributed by atoms with van der Waals surface area (Å²) in [5, 5.41) is 2.80.